The van der Waals surface area contributed by atoms with Crippen LogP contribution in [0.15, 0.2) is 24.5 Å². The first-order valence-corrected chi connectivity index (χ1v) is 10.9. The summed E-state index contributed by atoms with van der Waals surface area (Å²) in [6.45, 7) is 3.19. The number of likely N-dealkylation sites (N-methyl/N-ethyl adjacent to an activating group) is 1. The Hall–Kier alpha value is -3.40. The minimum absolute atomic E-state index is 0.0275. The van der Waals surface area contributed by atoms with E-state index in [0.717, 1.165) is 54.8 Å². The summed E-state index contributed by atoms with van der Waals surface area (Å²) >= 11 is 0. The number of benzene rings is 1. The Kier molecular flexibility index (Phi) is 5.30. The maximum absolute atomic E-state index is 11.7. The number of nitrogens with two attached hydrogens (primary N) is 1. The van der Waals surface area contributed by atoms with E-state index < -0.39 is 0 Å². The largest absolute Gasteiger partial charge is 0.495 e. The molecule has 4 heterocycles. The number of amides is 2. The number of hydrogen-bond acceptors (Lipinski definition) is 7. The van der Waals surface area contributed by atoms with Crippen LogP contribution in [-0.4, -0.2) is 68.9 Å². The summed E-state index contributed by atoms with van der Waals surface area (Å²) in [7, 11) is 3.80. The van der Waals surface area contributed by atoms with E-state index in [1.54, 1.807) is 24.4 Å². The van der Waals surface area contributed by atoms with Crippen molar-refractivity contribution >= 4 is 28.7 Å². The lowest BCUT2D eigenvalue weighted by Gasteiger charge is -2.26. The number of aromatic nitrogens is 4. The Morgan fingerprint density at radius 1 is 1.28 bits per heavy atom. The second-order valence-electron chi connectivity index (χ2n) is 8.56. The van der Waals surface area contributed by atoms with Crippen LogP contribution in [0, 0.1) is 0 Å². The molecule has 0 bridgehead atoms. The second-order valence-corrected chi connectivity index (χ2v) is 8.56. The molecule has 3 N–H and O–H groups in total. The van der Waals surface area contributed by atoms with Crippen molar-refractivity contribution in [3.8, 4) is 5.75 Å². The molecule has 32 heavy (non-hydrogen) atoms. The van der Waals surface area contributed by atoms with Crippen LogP contribution in [0.3, 0.4) is 0 Å². The standard InChI is InChI=1S/C22H28N8O2/c1-28-7-5-14-9-19(32-2)18(8-15(14)12-28)26-22-24-10-16-11-25-30(20(16)27-22)13-17-4-3-6-29(17)21(23)31/h8-11,17H,3-7,12-13H2,1-2H3,(H2,23,31)(H,24,26,27)/t17-/m0/s1. The Morgan fingerprint density at radius 2 is 2.16 bits per heavy atom. The fraction of sp³-hybridized carbons (Fsp3) is 0.455. The highest BCUT2D eigenvalue weighted by molar-refractivity contribution is 5.76. The number of hydrogen-bond donors (Lipinski definition) is 2. The Labute approximate surface area is 186 Å². The van der Waals surface area contributed by atoms with Crippen molar-refractivity contribution in [2.75, 3.05) is 32.6 Å². The predicted octanol–water partition coefficient (Wildman–Crippen LogP) is 2.11. The van der Waals surface area contributed by atoms with Gasteiger partial charge in [0.25, 0.3) is 0 Å². The number of nitrogens with zero attached hydrogens (tertiary/aromatic N) is 6. The number of carbonyl (C=O) groups excluding carboxylic acids is 1. The minimum Gasteiger partial charge on any atom is -0.495 e. The van der Waals surface area contributed by atoms with Gasteiger partial charge in [-0.3, -0.25) is 0 Å². The molecule has 2 aromatic heterocycles. The average Bonchev–Trinajstić information content (AvgIpc) is 3.41. The topological polar surface area (TPSA) is 114 Å². The number of nitrogens with one attached hydrogen (secondary N) is 1. The smallest absolute Gasteiger partial charge is 0.315 e. The lowest BCUT2D eigenvalue weighted by atomic mass is 9.99. The highest BCUT2D eigenvalue weighted by atomic mass is 16.5. The van der Waals surface area contributed by atoms with Crippen molar-refractivity contribution in [1.29, 1.82) is 0 Å². The normalized spacial score (nSPS) is 18.7. The fourth-order valence-corrected chi connectivity index (χ4v) is 4.69. The van der Waals surface area contributed by atoms with Gasteiger partial charge in [0, 0.05) is 25.8 Å². The molecule has 5 rings (SSSR count). The van der Waals surface area contributed by atoms with E-state index in [0.29, 0.717) is 19.0 Å². The molecular formula is C22H28N8O2. The molecule has 2 aliphatic rings. The molecule has 2 aliphatic heterocycles. The summed E-state index contributed by atoms with van der Waals surface area (Å²) in [5.74, 6) is 1.24. The van der Waals surface area contributed by atoms with Gasteiger partial charge in [0.2, 0.25) is 5.95 Å². The number of ether oxygens (including phenoxy) is 1. The molecule has 0 spiro atoms. The van der Waals surface area contributed by atoms with E-state index in [-0.39, 0.29) is 12.1 Å². The predicted molar refractivity (Wildman–Crippen MR) is 121 cm³/mol. The van der Waals surface area contributed by atoms with E-state index in [9.17, 15) is 4.79 Å². The van der Waals surface area contributed by atoms with Crippen LogP contribution in [0.4, 0.5) is 16.4 Å². The summed E-state index contributed by atoms with van der Waals surface area (Å²) < 4.78 is 7.46. The summed E-state index contributed by atoms with van der Waals surface area (Å²) in [5.41, 5.74) is 9.68. The molecule has 1 fully saturated rings. The first-order valence-electron chi connectivity index (χ1n) is 10.9. The summed E-state index contributed by atoms with van der Waals surface area (Å²) in [6.07, 6.45) is 6.36. The molecule has 2 amide bonds. The highest BCUT2D eigenvalue weighted by Crippen LogP contribution is 2.33. The first-order chi connectivity index (χ1) is 15.5. The third kappa shape index (κ3) is 3.81. The number of likely N-dealkylation sites (tertiary alicyclic amines) is 1. The minimum atomic E-state index is -0.383. The van der Waals surface area contributed by atoms with Crippen LogP contribution >= 0.6 is 0 Å². The van der Waals surface area contributed by atoms with Crippen LogP contribution < -0.4 is 15.8 Å². The Bertz CT molecular complexity index is 1160. The molecular weight excluding hydrogens is 408 g/mol. The summed E-state index contributed by atoms with van der Waals surface area (Å²) in [4.78, 5) is 24.9. The number of fused-ring (bicyclic) bond motifs is 2. The number of anilines is 2. The van der Waals surface area contributed by atoms with Gasteiger partial charge < -0.3 is 25.6 Å². The average molecular weight is 437 g/mol. The zero-order valence-electron chi connectivity index (χ0n) is 18.4. The van der Waals surface area contributed by atoms with Crippen molar-refractivity contribution < 1.29 is 9.53 Å². The van der Waals surface area contributed by atoms with Gasteiger partial charge in [-0.25, -0.2) is 14.5 Å². The van der Waals surface area contributed by atoms with Gasteiger partial charge in [-0.1, -0.05) is 0 Å². The third-order valence-electron chi connectivity index (χ3n) is 6.39. The van der Waals surface area contributed by atoms with Gasteiger partial charge in [-0.15, -0.1) is 0 Å². The first kappa shape index (κ1) is 20.5. The van der Waals surface area contributed by atoms with Crippen molar-refractivity contribution in [3.05, 3.63) is 35.7 Å². The van der Waals surface area contributed by atoms with Crippen LogP contribution in [0.5, 0.6) is 5.75 Å². The Morgan fingerprint density at radius 3 is 2.97 bits per heavy atom. The molecule has 0 aliphatic carbocycles. The fourth-order valence-electron chi connectivity index (χ4n) is 4.69. The zero-order chi connectivity index (χ0) is 22.2. The monoisotopic (exact) mass is 436 g/mol. The van der Waals surface area contributed by atoms with Crippen LogP contribution in [0.25, 0.3) is 11.0 Å². The number of carbonyl (C=O) groups is 1. The molecule has 0 unspecified atom stereocenters. The third-order valence-corrected chi connectivity index (χ3v) is 6.39. The molecule has 0 radical (unpaired) electrons. The number of rotatable bonds is 5. The van der Waals surface area contributed by atoms with E-state index in [4.69, 9.17) is 15.5 Å². The van der Waals surface area contributed by atoms with Gasteiger partial charge in [0.15, 0.2) is 5.65 Å². The van der Waals surface area contributed by atoms with Crippen molar-refractivity contribution in [2.24, 2.45) is 5.73 Å². The van der Waals surface area contributed by atoms with Crippen molar-refractivity contribution in [2.45, 2.75) is 38.4 Å². The van der Waals surface area contributed by atoms with Crippen LogP contribution in [0.2, 0.25) is 0 Å². The summed E-state index contributed by atoms with van der Waals surface area (Å²) in [5, 5.41) is 8.65. The van der Waals surface area contributed by atoms with E-state index in [1.165, 1.54) is 11.1 Å². The highest BCUT2D eigenvalue weighted by Gasteiger charge is 2.28. The molecule has 1 aromatic carbocycles. The second kappa shape index (κ2) is 8.27. The zero-order valence-corrected chi connectivity index (χ0v) is 18.4. The van der Waals surface area contributed by atoms with E-state index in [1.807, 2.05) is 4.68 Å². The van der Waals surface area contributed by atoms with Gasteiger partial charge in [0.05, 0.1) is 37.0 Å². The lowest BCUT2D eigenvalue weighted by Crippen LogP contribution is -2.41. The van der Waals surface area contributed by atoms with Crippen molar-refractivity contribution in [1.82, 2.24) is 29.5 Å². The van der Waals surface area contributed by atoms with Crippen molar-refractivity contribution in [3.63, 3.8) is 0 Å². The maximum atomic E-state index is 11.7. The van der Waals surface area contributed by atoms with Crippen LogP contribution in [-0.2, 0) is 19.5 Å². The SMILES string of the molecule is COc1cc2c(cc1Nc1ncc3cnn(C[C@@H]4CCCN4C(N)=O)c3n1)CN(C)CC2. The van der Waals surface area contributed by atoms with Gasteiger partial charge in [0.1, 0.15) is 5.75 Å². The molecule has 10 heteroatoms. The van der Waals surface area contributed by atoms with Gasteiger partial charge in [-0.2, -0.15) is 10.1 Å². The quantitative estimate of drug-likeness (QED) is 0.629. The molecule has 168 valence electrons. The van der Waals surface area contributed by atoms with E-state index >= 15 is 0 Å². The number of urea groups is 1. The van der Waals surface area contributed by atoms with Gasteiger partial charge >= 0.3 is 6.03 Å². The molecule has 1 atom stereocenters. The van der Waals surface area contributed by atoms with Crippen LogP contribution in [0.1, 0.15) is 24.0 Å². The lowest BCUT2D eigenvalue weighted by molar-refractivity contribution is 0.196. The molecule has 3 aromatic rings. The Balaban J connectivity index is 1.43. The van der Waals surface area contributed by atoms with Gasteiger partial charge in [-0.05, 0) is 49.6 Å². The number of methoxy groups -OCH3 is 1. The molecule has 0 saturated carbocycles. The summed E-state index contributed by atoms with van der Waals surface area (Å²) in [6, 6.07) is 3.87. The molecule has 1 saturated heterocycles. The molecule has 10 nitrogen and oxygen atoms in total. The number of primary amides is 1. The maximum Gasteiger partial charge on any atom is 0.315 e. The van der Waals surface area contributed by atoms with E-state index in [2.05, 4.69) is 39.5 Å².